The van der Waals surface area contributed by atoms with Gasteiger partial charge >= 0.3 is 0 Å². The first-order chi connectivity index (χ1) is 10.2. The number of benzene rings is 2. The Labute approximate surface area is 145 Å². The van der Waals surface area contributed by atoms with Crippen LogP contribution in [0.1, 0.15) is 10.6 Å². The lowest BCUT2D eigenvalue weighted by molar-refractivity contribution is 0.0991. The highest BCUT2D eigenvalue weighted by Gasteiger charge is 2.12. The van der Waals surface area contributed by atoms with Crippen molar-refractivity contribution in [1.29, 1.82) is 0 Å². The molecule has 0 saturated carbocycles. The number of hydrogen-bond donors (Lipinski definition) is 1. The summed E-state index contributed by atoms with van der Waals surface area (Å²) < 4.78 is 5.15. The van der Waals surface area contributed by atoms with E-state index in [2.05, 4.69) is 9.97 Å². The van der Waals surface area contributed by atoms with Gasteiger partial charge in [-0.25, -0.2) is 9.97 Å². The van der Waals surface area contributed by atoms with Gasteiger partial charge in [0.05, 0.1) is 18.3 Å². The minimum atomic E-state index is -0.643. The lowest BCUT2D eigenvalue weighted by atomic mass is 10.1. The number of amides is 1. The molecule has 1 amide bonds. The Hall–Kier alpha value is -2.37. The average Bonchev–Trinajstić information content (AvgIpc) is 2.54. The van der Waals surface area contributed by atoms with Crippen LogP contribution in [0.15, 0.2) is 48.5 Å². The fourth-order valence-electron chi connectivity index (χ4n) is 2.16. The lowest BCUT2D eigenvalue weighted by Gasteiger charge is -2.08. The van der Waals surface area contributed by atoms with Gasteiger partial charge in [0.1, 0.15) is 5.75 Å². The number of nitrogens with two attached hydrogens (primary N) is 1. The topological polar surface area (TPSA) is 78.1 Å². The van der Waals surface area contributed by atoms with E-state index in [1.165, 1.54) is 0 Å². The molecule has 0 aliphatic heterocycles. The first-order valence-electron chi connectivity index (χ1n) is 6.40. The second-order valence-corrected chi connectivity index (χ2v) is 4.51. The number of rotatable bonds is 3. The molecule has 3 aromatic rings. The van der Waals surface area contributed by atoms with E-state index in [0.717, 1.165) is 16.7 Å². The molecule has 23 heavy (non-hydrogen) atoms. The first-order valence-corrected chi connectivity index (χ1v) is 6.40. The molecule has 0 radical (unpaired) electrons. The zero-order chi connectivity index (χ0) is 14.8. The Morgan fingerprint density at radius 3 is 2.26 bits per heavy atom. The molecule has 0 aliphatic carbocycles. The van der Waals surface area contributed by atoms with Gasteiger partial charge in [-0.05, 0) is 30.3 Å². The number of primary amides is 1. The molecule has 0 atom stereocenters. The first kappa shape index (κ1) is 18.7. The number of fused-ring (bicyclic) bond motifs is 1. The zero-order valence-electron chi connectivity index (χ0n) is 12.2. The van der Waals surface area contributed by atoms with Gasteiger partial charge in [-0.15, -0.1) is 24.8 Å². The quantitative estimate of drug-likeness (QED) is 0.785. The van der Waals surface area contributed by atoms with Crippen LogP contribution in [0, 0.1) is 0 Å². The third-order valence-corrected chi connectivity index (χ3v) is 3.19. The molecular formula is C16H15Cl2N3O2. The van der Waals surface area contributed by atoms with Gasteiger partial charge < -0.3 is 10.5 Å². The maximum atomic E-state index is 11.4. The van der Waals surface area contributed by atoms with Crippen molar-refractivity contribution >= 4 is 41.6 Å². The zero-order valence-corrected chi connectivity index (χ0v) is 13.9. The normalized spacial score (nSPS) is 9.61. The maximum Gasteiger partial charge on any atom is 0.286 e. The molecule has 0 aliphatic rings. The number of carbonyl (C=O) groups excluding carboxylic acids is 1. The minimum absolute atomic E-state index is 0. The summed E-state index contributed by atoms with van der Waals surface area (Å²) in [5, 5.41) is 0.868. The van der Waals surface area contributed by atoms with Crippen molar-refractivity contribution in [3.63, 3.8) is 0 Å². The van der Waals surface area contributed by atoms with Crippen molar-refractivity contribution in [2.24, 2.45) is 5.73 Å². The van der Waals surface area contributed by atoms with Crippen LogP contribution in [0.2, 0.25) is 0 Å². The summed E-state index contributed by atoms with van der Waals surface area (Å²) in [6, 6.07) is 15.0. The molecule has 0 spiro atoms. The number of hydrogen-bond acceptors (Lipinski definition) is 4. The van der Waals surface area contributed by atoms with Gasteiger partial charge in [-0.2, -0.15) is 0 Å². The summed E-state index contributed by atoms with van der Waals surface area (Å²) in [5.74, 6) is 0.127. The van der Waals surface area contributed by atoms with Crippen molar-refractivity contribution in [1.82, 2.24) is 9.97 Å². The van der Waals surface area contributed by atoms with Crippen LogP contribution in [0.4, 0.5) is 0 Å². The van der Waals surface area contributed by atoms with Gasteiger partial charge in [0.2, 0.25) is 5.82 Å². The Balaban J connectivity index is 0.00000132. The fraction of sp³-hybridized carbons (Fsp3) is 0.0625. The number of carbonyl (C=O) groups is 1. The van der Waals surface area contributed by atoms with E-state index >= 15 is 0 Å². The lowest BCUT2D eigenvalue weighted by Crippen LogP contribution is -2.15. The smallest absolute Gasteiger partial charge is 0.286 e. The van der Waals surface area contributed by atoms with E-state index in [0.29, 0.717) is 11.2 Å². The summed E-state index contributed by atoms with van der Waals surface area (Å²) >= 11 is 0. The van der Waals surface area contributed by atoms with Crippen molar-refractivity contribution in [2.45, 2.75) is 0 Å². The fourth-order valence-corrected chi connectivity index (χ4v) is 2.16. The average molecular weight is 352 g/mol. The highest BCUT2D eigenvalue weighted by molar-refractivity contribution is 5.97. The molecule has 2 N–H and O–H groups in total. The van der Waals surface area contributed by atoms with Crippen molar-refractivity contribution in [2.75, 3.05) is 7.11 Å². The molecular weight excluding hydrogens is 337 g/mol. The van der Waals surface area contributed by atoms with Crippen molar-refractivity contribution in [3.05, 3.63) is 54.4 Å². The van der Waals surface area contributed by atoms with E-state index in [1.54, 1.807) is 7.11 Å². The summed E-state index contributed by atoms with van der Waals surface area (Å²) in [5.41, 5.74) is 7.55. The molecule has 0 unspecified atom stereocenters. The molecule has 1 heterocycles. The van der Waals surface area contributed by atoms with E-state index < -0.39 is 5.91 Å². The van der Waals surface area contributed by atoms with E-state index in [9.17, 15) is 4.79 Å². The van der Waals surface area contributed by atoms with Crippen LogP contribution >= 0.6 is 24.8 Å². The predicted molar refractivity (Wildman–Crippen MR) is 94.5 cm³/mol. The van der Waals surface area contributed by atoms with Crippen LogP contribution in [0.5, 0.6) is 5.75 Å². The SMILES string of the molecule is COc1ccc(-c2nc(C(N)=O)nc3ccccc23)cc1.Cl.Cl. The molecule has 0 bridgehead atoms. The van der Waals surface area contributed by atoms with Crippen LogP contribution in [0.3, 0.4) is 0 Å². The molecule has 3 rings (SSSR count). The van der Waals surface area contributed by atoms with Crippen LogP contribution < -0.4 is 10.5 Å². The number of ether oxygens (including phenoxy) is 1. The van der Waals surface area contributed by atoms with Crippen LogP contribution in [-0.4, -0.2) is 23.0 Å². The van der Waals surface area contributed by atoms with Gasteiger partial charge in [0.15, 0.2) is 0 Å². The molecule has 120 valence electrons. The number of nitrogens with zero attached hydrogens (tertiary/aromatic N) is 2. The standard InChI is InChI=1S/C16H13N3O2.2ClH/c1-21-11-8-6-10(7-9-11)14-12-4-2-3-5-13(12)18-16(19-14)15(17)20;;/h2-9H,1H3,(H2,17,20);2*1H. The second kappa shape index (κ2) is 7.76. The highest BCUT2D eigenvalue weighted by Crippen LogP contribution is 2.27. The van der Waals surface area contributed by atoms with E-state index in [1.807, 2.05) is 48.5 Å². The Morgan fingerprint density at radius 1 is 1.00 bits per heavy atom. The van der Waals surface area contributed by atoms with Gasteiger partial charge in [0, 0.05) is 10.9 Å². The van der Waals surface area contributed by atoms with E-state index in [-0.39, 0.29) is 30.6 Å². The Bertz CT molecular complexity index is 823. The number of halogens is 2. The Kier molecular flexibility index (Phi) is 6.30. The van der Waals surface area contributed by atoms with Gasteiger partial charge in [-0.3, -0.25) is 4.79 Å². The van der Waals surface area contributed by atoms with Crippen molar-refractivity contribution < 1.29 is 9.53 Å². The van der Waals surface area contributed by atoms with Crippen molar-refractivity contribution in [3.8, 4) is 17.0 Å². The number of aromatic nitrogens is 2. The number of para-hydroxylation sites is 1. The molecule has 1 aromatic heterocycles. The predicted octanol–water partition coefficient (Wildman–Crippen LogP) is 3.25. The monoisotopic (exact) mass is 351 g/mol. The van der Waals surface area contributed by atoms with Crippen LogP contribution in [0.25, 0.3) is 22.2 Å². The minimum Gasteiger partial charge on any atom is -0.497 e. The third-order valence-electron chi connectivity index (χ3n) is 3.19. The summed E-state index contributed by atoms with van der Waals surface area (Å²) in [6.07, 6.45) is 0. The number of methoxy groups -OCH3 is 1. The molecule has 7 heteroatoms. The molecule has 0 fully saturated rings. The van der Waals surface area contributed by atoms with E-state index in [4.69, 9.17) is 10.5 Å². The molecule has 2 aromatic carbocycles. The van der Waals surface area contributed by atoms with Gasteiger partial charge in [0.25, 0.3) is 5.91 Å². The Morgan fingerprint density at radius 2 is 1.65 bits per heavy atom. The molecule has 0 saturated heterocycles. The van der Waals surface area contributed by atoms with Crippen LogP contribution in [-0.2, 0) is 0 Å². The van der Waals surface area contributed by atoms with Gasteiger partial charge in [-0.1, -0.05) is 18.2 Å². The summed E-state index contributed by atoms with van der Waals surface area (Å²) in [6.45, 7) is 0. The highest BCUT2D eigenvalue weighted by atomic mass is 35.5. The third kappa shape index (κ3) is 3.70. The molecule has 5 nitrogen and oxygen atoms in total. The summed E-state index contributed by atoms with van der Waals surface area (Å²) in [7, 11) is 1.61. The second-order valence-electron chi connectivity index (χ2n) is 4.51. The largest absolute Gasteiger partial charge is 0.497 e. The maximum absolute atomic E-state index is 11.4. The summed E-state index contributed by atoms with van der Waals surface area (Å²) in [4.78, 5) is 19.9.